The zero-order valence-corrected chi connectivity index (χ0v) is 26.1. The van der Waals surface area contributed by atoms with Gasteiger partial charge in [0, 0.05) is 12.0 Å². The summed E-state index contributed by atoms with van der Waals surface area (Å²) < 4.78 is 12.5. The molecule has 7 nitrogen and oxygen atoms in total. The number of imide groups is 1. The Bertz CT molecular complexity index is 1410. The SMILES string of the molecule is COc1cc(/C=C(/CC[C@H]2OC[C@H]3C2=C(CO)C[C@H]2C(=O)N(C4CCCCC4)C(=O)[C@H]23)c2ccccc2)cc(I)c1O. The van der Waals surface area contributed by atoms with Crippen molar-refractivity contribution in [3.8, 4) is 11.5 Å². The van der Waals surface area contributed by atoms with Gasteiger partial charge in [-0.15, -0.1) is 0 Å². The lowest BCUT2D eigenvalue weighted by Gasteiger charge is -2.31. The highest BCUT2D eigenvalue weighted by Crippen LogP contribution is 2.51. The molecule has 0 spiro atoms. The molecular formula is C34H38INO6. The Hall–Kier alpha value is -2.69. The molecule has 0 aromatic heterocycles. The molecule has 4 atom stereocenters. The number of nitrogens with zero attached hydrogens (tertiary/aromatic N) is 1. The molecule has 2 aliphatic carbocycles. The van der Waals surface area contributed by atoms with Gasteiger partial charge in [-0.25, -0.2) is 0 Å². The van der Waals surface area contributed by atoms with E-state index in [1.165, 1.54) is 0 Å². The smallest absolute Gasteiger partial charge is 0.234 e. The number of hydrogen-bond acceptors (Lipinski definition) is 6. The van der Waals surface area contributed by atoms with E-state index in [4.69, 9.17) is 9.47 Å². The monoisotopic (exact) mass is 683 g/mol. The first-order chi connectivity index (χ1) is 20.4. The van der Waals surface area contributed by atoms with Crippen LogP contribution in [0, 0.1) is 21.3 Å². The average Bonchev–Trinajstić information content (AvgIpc) is 3.55. The van der Waals surface area contributed by atoms with Crippen LogP contribution >= 0.6 is 22.6 Å². The summed E-state index contributed by atoms with van der Waals surface area (Å²) in [5.41, 5.74) is 5.04. The number of aliphatic hydroxyl groups is 1. The highest BCUT2D eigenvalue weighted by atomic mass is 127. The molecule has 2 amide bonds. The Morgan fingerprint density at radius 2 is 1.86 bits per heavy atom. The van der Waals surface area contributed by atoms with Crippen molar-refractivity contribution in [2.75, 3.05) is 20.3 Å². The molecule has 2 N–H and O–H groups in total. The lowest BCUT2D eigenvalue weighted by Crippen LogP contribution is -2.42. The molecule has 2 aromatic carbocycles. The Labute approximate surface area is 260 Å². The van der Waals surface area contributed by atoms with Gasteiger partial charge in [0.25, 0.3) is 0 Å². The fourth-order valence-corrected chi connectivity index (χ4v) is 8.24. The van der Waals surface area contributed by atoms with Crippen LogP contribution in [-0.4, -0.2) is 59.4 Å². The first-order valence-electron chi connectivity index (χ1n) is 15.0. The molecular weight excluding hydrogens is 645 g/mol. The molecule has 0 radical (unpaired) electrons. The molecule has 0 bridgehead atoms. The second-order valence-corrected chi connectivity index (χ2v) is 13.1. The van der Waals surface area contributed by atoms with Crippen LogP contribution in [-0.2, 0) is 14.3 Å². The normalized spacial score (nSPS) is 26.5. The van der Waals surface area contributed by atoms with Gasteiger partial charge >= 0.3 is 0 Å². The molecule has 222 valence electrons. The Morgan fingerprint density at radius 3 is 2.57 bits per heavy atom. The number of hydrogen-bond donors (Lipinski definition) is 2. The predicted octanol–water partition coefficient (Wildman–Crippen LogP) is 5.97. The van der Waals surface area contributed by atoms with Crippen LogP contribution in [0.5, 0.6) is 11.5 Å². The molecule has 2 heterocycles. The molecule has 0 unspecified atom stereocenters. The third-order valence-corrected chi connectivity index (χ3v) is 10.4. The summed E-state index contributed by atoms with van der Waals surface area (Å²) in [4.78, 5) is 28.9. The number of aromatic hydroxyl groups is 1. The van der Waals surface area contributed by atoms with Crippen LogP contribution in [0.25, 0.3) is 11.6 Å². The van der Waals surface area contributed by atoms with Crippen molar-refractivity contribution in [2.45, 2.75) is 63.5 Å². The van der Waals surface area contributed by atoms with Crippen LogP contribution in [0.1, 0.15) is 62.5 Å². The first-order valence-corrected chi connectivity index (χ1v) is 16.1. The number of ether oxygens (including phenoxy) is 2. The van der Waals surface area contributed by atoms with Crippen molar-refractivity contribution in [2.24, 2.45) is 17.8 Å². The summed E-state index contributed by atoms with van der Waals surface area (Å²) in [5, 5.41) is 20.7. The number of amides is 2. The number of carbonyl (C=O) groups excluding carboxylic acids is 2. The molecule has 4 aliphatic rings. The Kier molecular flexibility index (Phi) is 8.75. The van der Waals surface area contributed by atoms with Crippen LogP contribution < -0.4 is 4.74 Å². The van der Waals surface area contributed by atoms with Crippen LogP contribution in [0.2, 0.25) is 0 Å². The molecule has 42 heavy (non-hydrogen) atoms. The molecule has 8 heteroatoms. The van der Waals surface area contributed by atoms with Gasteiger partial charge in [0.1, 0.15) is 0 Å². The van der Waals surface area contributed by atoms with Gasteiger partial charge in [-0.3, -0.25) is 14.5 Å². The number of phenolic OH excluding ortho intramolecular Hbond substituents is 1. The van der Waals surface area contributed by atoms with Crippen molar-refractivity contribution in [1.82, 2.24) is 4.90 Å². The van der Waals surface area contributed by atoms with E-state index in [1.807, 2.05) is 30.3 Å². The van der Waals surface area contributed by atoms with Crippen molar-refractivity contribution in [3.63, 3.8) is 0 Å². The second kappa shape index (κ2) is 12.5. The maximum atomic E-state index is 13.8. The van der Waals surface area contributed by atoms with E-state index in [0.29, 0.717) is 35.2 Å². The molecule has 2 saturated heterocycles. The summed E-state index contributed by atoms with van der Waals surface area (Å²) in [7, 11) is 1.54. The summed E-state index contributed by atoms with van der Waals surface area (Å²) in [6.45, 7) is 0.285. The summed E-state index contributed by atoms with van der Waals surface area (Å²) >= 11 is 2.11. The minimum Gasteiger partial charge on any atom is -0.504 e. The van der Waals surface area contributed by atoms with E-state index in [9.17, 15) is 19.8 Å². The summed E-state index contributed by atoms with van der Waals surface area (Å²) in [6, 6.07) is 14.0. The third kappa shape index (κ3) is 5.42. The number of allylic oxidation sites excluding steroid dienone is 1. The van der Waals surface area contributed by atoms with Gasteiger partial charge < -0.3 is 19.7 Å². The van der Waals surface area contributed by atoms with Crippen molar-refractivity contribution >= 4 is 46.1 Å². The van der Waals surface area contributed by atoms with Gasteiger partial charge in [0.15, 0.2) is 11.5 Å². The number of rotatable bonds is 8. The highest BCUT2D eigenvalue weighted by molar-refractivity contribution is 14.1. The number of phenols is 1. The number of halogens is 1. The van der Waals surface area contributed by atoms with E-state index in [1.54, 1.807) is 12.0 Å². The van der Waals surface area contributed by atoms with E-state index in [2.05, 4.69) is 40.8 Å². The Balaban J connectivity index is 1.26. The van der Waals surface area contributed by atoms with E-state index >= 15 is 0 Å². The van der Waals surface area contributed by atoms with E-state index in [0.717, 1.165) is 60.0 Å². The topological polar surface area (TPSA) is 96.3 Å². The van der Waals surface area contributed by atoms with E-state index < -0.39 is 0 Å². The minimum atomic E-state index is -0.385. The molecule has 6 rings (SSSR count). The largest absolute Gasteiger partial charge is 0.504 e. The number of carbonyl (C=O) groups is 2. The highest BCUT2D eigenvalue weighted by Gasteiger charge is 2.58. The third-order valence-electron chi connectivity index (χ3n) is 9.60. The van der Waals surface area contributed by atoms with Gasteiger partial charge in [0.05, 0.1) is 41.8 Å². The maximum absolute atomic E-state index is 13.8. The number of likely N-dealkylation sites (tertiary alicyclic amines) is 1. The fraction of sp³-hybridized carbons (Fsp3) is 0.471. The van der Waals surface area contributed by atoms with Crippen molar-refractivity contribution in [3.05, 3.63) is 68.3 Å². The van der Waals surface area contributed by atoms with Gasteiger partial charge in [0.2, 0.25) is 11.8 Å². The summed E-state index contributed by atoms with van der Waals surface area (Å²) in [6.07, 6.45) is 8.81. The van der Waals surface area contributed by atoms with Crippen LogP contribution in [0.4, 0.5) is 0 Å². The number of fused-ring (bicyclic) bond motifs is 3. The molecule has 2 aromatic rings. The predicted molar refractivity (Wildman–Crippen MR) is 169 cm³/mol. The second-order valence-electron chi connectivity index (χ2n) is 11.9. The summed E-state index contributed by atoms with van der Waals surface area (Å²) in [5.74, 6) is -0.444. The number of methoxy groups -OCH3 is 1. The molecule has 3 fully saturated rings. The zero-order chi connectivity index (χ0) is 29.4. The standard InChI is InChI=1S/C34H38INO6/c1-41-29-16-20(15-27(35)32(29)38)14-22(21-8-4-2-5-9-21)12-13-28-30-23(18-37)17-25-31(26(30)19-42-28)34(40)36(33(25)39)24-10-6-3-7-11-24/h2,4-5,8-9,14-16,24-26,28,31,37-38H,3,6-7,10-13,17-19H2,1H3/b22-14-/t25-,26+,28-,31-/m1/s1. The lowest BCUT2D eigenvalue weighted by atomic mass is 9.69. The lowest BCUT2D eigenvalue weighted by molar-refractivity contribution is -0.143. The molecule has 1 saturated carbocycles. The van der Waals surface area contributed by atoms with Crippen molar-refractivity contribution in [1.29, 1.82) is 0 Å². The number of aliphatic hydroxyl groups excluding tert-OH is 1. The zero-order valence-electron chi connectivity index (χ0n) is 23.9. The first kappa shape index (κ1) is 29.4. The quantitative estimate of drug-likeness (QED) is 0.154. The Morgan fingerprint density at radius 1 is 1.10 bits per heavy atom. The minimum absolute atomic E-state index is 0.0173. The fourth-order valence-electron chi connectivity index (χ4n) is 7.62. The van der Waals surface area contributed by atoms with Gasteiger partial charge in [-0.05, 0) is 94.7 Å². The van der Waals surface area contributed by atoms with Crippen LogP contribution in [0.3, 0.4) is 0 Å². The van der Waals surface area contributed by atoms with Crippen LogP contribution in [0.15, 0.2) is 53.6 Å². The molecule has 2 aliphatic heterocycles. The average molecular weight is 684 g/mol. The van der Waals surface area contributed by atoms with Crippen molar-refractivity contribution < 1.29 is 29.3 Å². The van der Waals surface area contributed by atoms with Gasteiger partial charge in [-0.2, -0.15) is 0 Å². The maximum Gasteiger partial charge on any atom is 0.234 e. The van der Waals surface area contributed by atoms with E-state index in [-0.39, 0.29) is 54.1 Å². The van der Waals surface area contributed by atoms with Gasteiger partial charge in [-0.1, -0.05) is 55.7 Å². The number of benzene rings is 2.